The van der Waals surface area contributed by atoms with Gasteiger partial charge in [0, 0.05) is 4.88 Å². The molecule has 13 heavy (non-hydrogen) atoms. The zero-order valence-corrected chi connectivity index (χ0v) is 10.8. The summed E-state index contributed by atoms with van der Waals surface area (Å²) in [6, 6.07) is 1.58. The van der Waals surface area contributed by atoms with E-state index >= 15 is 0 Å². The normalized spacial score (nSPS) is 17.5. The van der Waals surface area contributed by atoms with Crippen LogP contribution in [0.15, 0.2) is 10.3 Å². The van der Waals surface area contributed by atoms with Crippen LogP contribution < -0.4 is 34.3 Å². The molecule has 0 spiro atoms. The van der Waals surface area contributed by atoms with Gasteiger partial charge in [-0.1, -0.05) is 0 Å². The largest absolute Gasteiger partial charge is 1.00 e. The third-order valence-corrected chi connectivity index (χ3v) is 4.45. The van der Waals surface area contributed by atoms with Crippen LogP contribution in [0, 0.1) is 6.92 Å². The quantitative estimate of drug-likeness (QED) is 0.503. The van der Waals surface area contributed by atoms with Crippen molar-refractivity contribution in [3.8, 4) is 0 Å². The molecule has 1 amide bonds. The van der Waals surface area contributed by atoms with E-state index in [1.165, 1.54) is 0 Å². The smallest absolute Gasteiger partial charge is 1.00 e. The first-order chi connectivity index (χ1) is 5.50. The van der Waals surface area contributed by atoms with Crippen molar-refractivity contribution in [3.63, 3.8) is 0 Å². The molecule has 0 aliphatic carbocycles. The van der Waals surface area contributed by atoms with Gasteiger partial charge in [0.2, 0.25) is 0 Å². The molecule has 66 valence electrons. The second-order valence-corrected chi connectivity index (χ2v) is 5.63. The number of amides is 1. The fourth-order valence-corrected chi connectivity index (χ4v) is 3.65. The summed E-state index contributed by atoms with van der Waals surface area (Å²) in [5.41, 5.74) is 0.275. The molecule has 0 unspecified atom stereocenters. The molecule has 1 aromatic heterocycles. The predicted molar refractivity (Wildman–Crippen MR) is 44.8 cm³/mol. The van der Waals surface area contributed by atoms with Crippen LogP contribution in [-0.2, 0) is 10.0 Å². The Morgan fingerprint density at radius 3 is 2.69 bits per heavy atom. The summed E-state index contributed by atoms with van der Waals surface area (Å²) < 4.78 is 24.4. The molecular weight excluding hydrogens is 221 g/mol. The van der Waals surface area contributed by atoms with E-state index in [1.807, 2.05) is 4.72 Å². The minimum atomic E-state index is -3.51. The Morgan fingerprint density at radius 2 is 2.15 bits per heavy atom. The Balaban J connectivity index is 0.000000845. The van der Waals surface area contributed by atoms with Crippen molar-refractivity contribution in [3.05, 3.63) is 16.5 Å². The average Bonchev–Trinajstić information content (AvgIpc) is 2.37. The van der Waals surface area contributed by atoms with Crippen molar-refractivity contribution < 1.29 is 44.2 Å². The van der Waals surface area contributed by atoms with Gasteiger partial charge in [0.05, 0.1) is 5.56 Å². The van der Waals surface area contributed by atoms with Crippen molar-refractivity contribution in [2.45, 2.75) is 11.1 Å². The van der Waals surface area contributed by atoms with Crippen molar-refractivity contribution in [2.24, 2.45) is 0 Å². The van der Waals surface area contributed by atoms with Gasteiger partial charge in [-0.15, -0.1) is 11.3 Å². The summed E-state index contributed by atoms with van der Waals surface area (Å²) in [4.78, 5) is 11.8. The number of hydrogen-bond acceptors (Lipinski definition) is 4. The van der Waals surface area contributed by atoms with E-state index in [1.54, 1.807) is 13.0 Å². The van der Waals surface area contributed by atoms with Gasteiger partial charge in [0.15, 0.2) is 4.21 Å². The summed E-state index contributed by atoms with van der Waals surface area (Å²) in [6.45, 7) is 1.77. The number of sulfonamides is 1. The van der Waals surface area contributed by atoms with Crippen molar-refractivity contribution in [1.82, 2.24) is 4.72 Å². The number of carbonyl (C=O) groups excluding carboxylic acids is 1. The standard InChI is InChI=1S/C6H5NO3S2.Na.H/c1-3-2-4-5(8)7-12(9,10)6(4)11-3;;/h2H,1H3,(H,7,8);;/q;+1;-1. The monoisotopic (exact) mass is 227 g/mol. The van der Waals surface area contributed by atoms with Gasteiger partial charge < -0.3 is 1.43 Å². The van der Waals surface area contributed by atoms with Crippen molar-refractivity contribution >= 4 is 27.3 Å². The molecule has 1 aliphatic heterocycles. The third kappa shape index (κ3) is 1.69. The van der Waals surface area contributed by atoms with Crippen LogP contribution in [0.25, 0.3) is 0 Å². The molecule has 1 aliphatic rings. The van der Waals surface area contributed by atoms with Gasteiger partial charge >= 0.3 is 29.6 Å². The van der Waals surface area contributed by atoms with E-state index in [4.69, 9.17) is 0 Å². The Hall–Kier alpha value is 0.120. The molecule has 2 heterocycles. The Labute approximate surface area is 103 Å². The van der Waals surface area contributed by atoms with E-state index < -0.39 is 15.9 Å². The Bertz CT molecular complexity index is 467. The maximum atomic E-state index is 11.2. The fraction of sp³-hybridized carbons (Fsp3) is 0.167. The maximum Gasteiger partial charge on any atom is 1.00 e. The molecule has 2 rings (SSSR count). The van der Waals surface area contributed by atoms with Crippen LogP contribution >= 0.6 is 11.3 Å². The van der Waals surface area contributed by atoms with E-state index in [-0.39, 0.29) is 40.8 Å². The first kappa shape index (κ1) is 11.2. The van der Waals surface area contributed by atoms with Crippen LogP contribution in [0.5, 0.6) is 0 Å². The molecular formula is C6H6NNaO3S2. The fourth-order valence-electron chi connectivity index (χ4n) is 1.07. The third-order valence-electron chi connectivity index (χ3n) is 1.54. The van der Waals surface area contributed by atoms with Crippen LogP contribution in [0.4, 0.5) is 0 Å². The molecule has 1 aromatic rings. The zero-order chi connectivity index (χ0) is 8.93. The number of nitrogens with one attached hydrogen (secondary N) is 1. The second kappa shape index (κ2) is 3.36. The minimum Gasteiger partial charge on any atom is -1.00 e. The molecule has 0 atom stereocenters. The molecule has 1 N–H and O–H groups in total. The molecule has 0 radical (unpaired) electrons. The SMILES string of the molecule is Cc1cc2c(s1)S(=O)(=O)NC2=O.[H-].[Na+]. The number of aryl methyl sites for hydroxylation is 1. The van der Waals surface area contributed by atoms with Gasteiger partial charge in [-0.3, -0.25) is 4.79 Å². The number of hydrogen-bond donors (Lipinski definition) is 1. The van der Waals surface area contributed by atoms with Crippen molar-refractivity contribution in [2.75, 3.05) is 0 Å². The maximum absolute atomic E-state index is 11.2. The predicted octanol–water partition coefficient (Wildman–Crippen LogP) is -2.39. The second-order valence-electron chi connectivity index (χ2n) is 2.49. The van der Waals surface area contributed by atoms with Gasteiger partial charge in [0.25, 0.3) is 15.9 Å². The molecule has 0 fully saturated rings. The number of fused-ring (bicyclic) bond motifs is 1. The summed E-state index contributed by atoms with van der Waals surface area (Å²) in [6.07, 6.45) is 0. The molecule has 7 heteroatoms. The first-order valence-electron chi connectivity index (χ1n) is 3.18. The molecule has 0 saturated heterocycles. The minimum absolute atomic E-state index is 0. The van der Waals surface area contributed by atoms with Gasteiger partial charge in [-0.05, 0) is 13.0 Å². The zero-order valence-electron chi connectivity index (χ0n) is 8.12. The van der Waals surface area contributed by atoms with Gasteiger partial charge in [-0.25, -0.2) is 13.1 Å². The summed E-state index contributed by atoms with van der Waals surface area (Å²) in [5, 5.41) is 0. The summed E-state index contributed by atoms with van der Waals surface area (Å²) in [5.74, 6) is -0.519. The van der Waals surface area contributed by atoms with Gasteiger partial charge in [0.1, 0.15) is 0 Å². The van der Waals surface area contributed by atoms with Crippen LogP contribution in [-0.4, -0.2) is 14.3 Å². The molecule has 0 bridgehead atoms. The number of carbonyl (C=O) groups is 1. The van der Waals surface area contributed by atoms with E-state index in [0.717, 1.165) is 16.2 Å². The Morgan fingerprint density at radius 1 is 1.54 bits per heavy atom. The van der Waals surface area contributed by atoms with Crippen LogP contribution in [0.1, 0.15) is 16.7 Å². The molecule has 0 aromatic carbocycles. The Kier molecular flexibility index (Phi) is 2.89. The van der Waals surface area contributed by atoms with Crippen LogP contribution in [0.2, 0.25) is 0 Å². The van der Waals surface area contributed by atoms with Crippen molar-refractivity contribution in [1.29, 1.82) is 0 Å². The van der Waals surface area contributed by atoms with E-state index in [2.05, 4.69) is 0 Å². The summed E-state index contributed by atoms with van der Waals surface area (Å²) >= 11 is 1.12. The van der Waals surface area contributed by atoms with E-state index in [9.17, 15) is 13.2 Å². The van der Waals surface area contributed by atoms with E-state index in [0.29, 0.717) is 0 Å². The van der Waals surface area contributed by atoms with Crippen LogP contribution in [0.3, 0.4) is 0 Å². The average molecular weight is 227 g/mol. The summed E-state index contributed by atoms with van der Waals surface area (Å²) in [7, 11) is -3.51. The molecule has 4 nitrogen and oxygen atoms in total. The molecule has 0 saturated carbocycles. The first-order valence-corrected chi connectivity index (χ1v) is 5.48. The number of thiophene rings is 1. The number of rotatable bonds is 0. The topological polar surface area (TPSA) is 63.2 Å². The van der Waals surface area contributed by atoms with Gasteiger partial charge in [-0.2, -0.15) is 0 Å².